The number of amides is 2. The Morgan fingerprint density at radius 2 is 1.72 bits per heavy atom. The highest BCUT2D eigenvalue weighted by Gasteiger charge is 2.42. The number of carbonyl (C=O) groups excluding carboxylic acids is 2. The van der Waals surface area contributed by atoms with Gasteiger partial charge in [-0.25, -0.2) is 0 Å². The van der Waals surface area contributed by atoms with Gasteiger partial charge in [-0.3, -0.25) is 9.59 Å². The van der Waals surface area contributed by atoms with Crippen LogP contribution in [0, 0.1) is 0 Å². The van der Waals surface area contributed by atoms with Crippen LogP contribution in [0.15, 0.2) is 29.6 Å². The number of aromatic nitrogens is 2. The number of nitrogens with zero attached hydrogens (tertiary/aromatic N) is 3. The van der Waals surface area contributed by atoms with Crippen LogP contribution in [0.5, 0.6) is 0 Å². The van der Waals surface area contributed by atoms with E-state index in [4.69, 9.17) is 0 Å². The zero-order valence-corrected chi connectivity index (χ0v) is 17.8. The predicted molar refractivity (Wildman–Crippen MR) is 113 cm³/mol. The first-order valence-electron chi connectivity index (χ1n) is 10.5. The third kappa shape index (κ3) is 4.50. The van der Waals surface area contributed by atoms with Gasteiger partial charge in [0.05, 0.1) is 0 Å². The summed E-state index contributed by atoms with van der Waals surface area (Å²) >= 11 is 1.16. The highest BCUT2D eigenvalue weighted by atomic mass is 32.1. The summed E-state index contributed by atoms with van der Waals surface area (Å²) in [5.74, 6) is 0.121. The monoisotopic (exact) mass is 412 g/mol. The van der Waals surface area contributed by atoms with Crippen molar-refractivity contribution in [3.63, 3.8) is 0 Å². The van der Waals surface area contributed by atoms with Gasteiger partial charge in [0.1, 0.15) is 6.04 Å². The summed E-state index contributed by atoms with van der Waals surface area (Å²) in [5, 5.41) is 8.84. The van der Waals surface area contributed by atoms with E-state index in [1.807, 2.05) is 12.1 Å². The van der Waals surface area contributed by atoms with Crippen LogP contribution in [0.25, 0.3) is 0 Å². The fourth-order valence-corrected chi connectivity index (χ4v) is 4.52. The average Bonchev–Trinajstić information content (AvgIpc) is 3.17. The second-order valence-electron chi connectivity index (χ2n) is 8.45. The highest BCUT2D eigenvalue weighted by Crippen LogP contribution is 2.36. The molecule has 0 spiro atoms. The third-order valence-electron chi connectivity index (χ3n) is 5.90. The lowest BCUT2D eigenvalue weighted by Crippen LogP contribution is -2.47. The van der Waals surface area contributed by atoms with Gasteiger partial charge < -0.3 is 10.2 Å². The van der Waals surface area contributed by atoms with Crippen LogP contribution in [0.3, 0.4) is 0 Å². The van der Waals surface area contributed by atoms with Crippen LogP contribution in [0.4, 0.5) is 0 Å². The molecular formula is C22H28N4O2S. The van der Waals surface area contributed by atoms with Crippen molar-refractivity contribution in [2.45, 2.75) is 76.4 Å². The number of carbonyl (C=O) groups is 2. The molecule has 2 saturated carbocycles. The molecule has 1 aromatic heterocycles. The summed E-state index contributed by atoms with van der Waals surface area (Å²) in [6.07, 6.45) is 6.15. The van der Waals surface area contributed by atoms with Gasteiger partial charge in [-0.05, 0) is 54.3 Å². The normalized spacial score (nSPS) is 18.0. The summed E-state index contributed by atoms with van der Waals surface area (Å²) in [6, 6.07) is 7.77. The maximum Gasteiger partial charge on any atom is 0.276 e. The van der Waals surface area contributed by atoms with Crippen LogP contribution in [0.2, 0.25) is 0 Å². The van der Waals surface area contributed by atoms with E-state index >= 15 is 0 Å². The van der Waals surface area contributed by atoms with Crippen molar-refractivity contribution in [3.05, 3.63) is 46.5 Å². The standard InChI is InChI=1S/C22H28N4O2S/c1-14(2)15-7-9-16(10-8-15)20(21(27)23-17-5-3-4-6-17)26(18-11-12-18)22(28)19-13-29-25-24-19/h7-10,13-14,17-18,20H,3-6,11-12H2,1-2H3,(H,23,27)/t20-/m0/s1. The van der Waals surface area contributed by atoms with E-state index in [2.05, 4.69) is 40.9 Å². The Hall–Kier alpha value is -2.28. The Labute approximate surface area is 175 Å². The minimum absolute atomic E-state index is 0.0771. The fourth-order valence-electron chi connectivity index (χ4n) is 4.09. The summed E-state index contributed by atoms with van der Waals surface area (Å²) in [5.41, 5.74) is 2.39. The van der Waals surface area contributed by atoms with Gasteiger partial charge in [0.25, 0.3) is 5.91 Å². The highest BCUT2D eigenvalue weighted by molar-refractivity contribution is 7.03. The second kappa shape index (κ2) is 8.61. The van der Waals surface area contributed by atoms with Crippen molar-refractivity contribution in [1.82, 2.24) is 19.8 Å². The number of hydrogen-bond donors (Lipinski definition) is 1. The molecular weight excluding hydrogens is 384 g/mol. The minimum Gasteiger partial charge on any atom is -0.351 e. The molecule has 2 amide bonds. The van der Waals surface area contributed by atoms with Gasteiger partial charge in [-0.2, -0.15) is 0 Å². The maximum atomic E-state index is 13.4. The molecule has 2 aliphatic carbocycles. The third-order valence-corrected chi connectivity index (χ3v) is 6.41. The van der Waals surface area contributed by atoms with Crippen molar-refractivity contribution in [3.8, 4) is 0 Å². The summed E-state index contributed by atoms with van der Waals surface area (Å²) in [4.78, 5) is 28.4. The zero-order valence-electron chi connectivity index (χ0n) is 17.0. The first kappa shape index (κ1) is 20.0. The second-order valence-corrected chi connectivity index (χ2v) is 9.06. The summed E-state index contributed by atoms with van der Waals surface area (Å²) < 4.78 is 3.84. The Morgan fingerprint density at radius 3 is 2.28 bits per heavy atom. The van der Waals surface area contributed by atoms with E-state index < -0.39 is 6.04 Å². The maximum absolute atomic E-state index is 13.4. The molecule has 7 heteroatoms. The lowest BCUT2D eigenvalue weighted by Gasteiger charge is -2.32. The molecule has 2 aromatic rings. The predicted octanol–water partition coefficient (Wildman–Crippen LogP) is 4.07. The van der Waals surface area contributed by atoms with Crippen LogP contribution < -0.4 is 5.32 Å². The molecule has 0 bridgehead atoms. The van der Waals surface area contributed by atoms with Crippen molar-refractivity contribution < 1.29 is 9.59 Å². The molecule has 2 aliphatic rings. The average molecular weight is 413 g/mol. The SMILES string of the molecule is CC(C)c1ccc([C@@H](C(=O)NC2CCCC2)N(C(=O)c2csnn2)C2CC2)cc1. The van der Waals surface area contributed by atoms with Crippen LogP contribution >= 0.6 is 11.5 Å². The molecule has 29 heavy (non-hydrogen) atoms. The van der Waals surface area contributed by atoms with Gasteiger partial charge in [-0.15, -0.1) is 5.10 Å². The topological polar surface area (TPSA) is 75.2 Å². The zero-order chi connectivity index (χ0) is 20.4. The van der Waals surface area contributed by atoms with Crippen molar-refractivity contribution >= 4 is 23.3 Å². The van der Waals surface area contributed by atoms with Crippen LogP contribution in [0.1, 0.15) is 85.9 Å². The lowest BCUT2D eigenvalue weighted by atomic mass is 9.97. The molecule has 0 saturated heterocycles. The molecule has 4 rings (SSSR count). The Bertz CT molecular complexity index is 840. The number of rotatable bonds is 7. The van der Waals surface area contributed by atoms with E-state index in [0.29, 0.717) is 11.6 Å². The van der Waals surface area contributed by atoms with E-state index in [1.54, 1.807) is 10.3 Å². The summed E-state index contributed by atoms with van der Waals surface area (Å²) in [7, 11) is 0. The minimum atomic E-state index is -0.640. The van der Waals surface area contributed by atoms with E-state index in [9.17, 15) is 9.59 Å². The molecule has 1 heterocycles. The summed E-state index contributed by atoms with van der Waals surface area (Å²) in [6.45, 7) is 4.29. The van der Waals surface area contributed by atoms with Crippen molar-refractivity contribution in [2.75, 3.05) is 0 Å². The van der Waals surface area contributed by atoms with Gasteiger partial charge in [0.15, 0.2) is 5.69 Å². The number of benzene rings is 1. The molecule has 0 aliphatic heterocycles. The van der Waals surface area contributed by atoms with E-state index in [-0.39, 0.29) is 23.9 Å². The molecule has 1 N–H and O–H groups in total. The Kier molecular flexibility index (Phi) is 5.94. The first-order chi connectivity index (χ1) is 14.0. The van der Waals surface area contributed by atoms with Gasteiger partial charge >= 0.3 is 0 Å². The van der Waals surface area contributed by atoms with Crippen LogP contribution in [-0.2, 0) is 4.79 Å². The molecule has 0 unspecified atom stereocenters. The Morgan fingerprint density at radius 1 is 1.07 bits per heavy atom. The molecule has 1 atom stereocenters. The lowest BCUT2D eigenvalue weighted by molar-refractivity contribution is -0.126. The van der Waals surface area contributed by atoms with E-state index in [0.717, 1.165) is 55.6 Å². The molecule has 0 radical (unpaired) electrons. The largest absolute Gasteiger partial charge is 0.351 e. The quantitative estimate of drug-likeness (QED) is 0.744. The smallest absolute Gasteiger partial charge is 0.276 e. The molecule has 6 nitrogen and oxygen atoms in total. The van der Waals surface area contributed by atoms with Gasteiger partial charge in [-0.1, -0.05) is 55.4 Å². The van der Waals surface area contributed by atoms with Crippen molar-refractivity contribution in [1.29, 1.82) is 0 Å². The molecule has 2 fully saturated rings. The van der Waals surface area contributed by atoms with Crippen LogP contribution in [-0.4, -0.2) is 38.4 Å². The van der Waals surface area contributed by atoms with E-state index in [1.165, 1.54) is 5.56 Å². The molecule has 1 aromatic carbocycles. The molecule has 154 valence electrons. The van der Waals surface area contributed by atoms with Crippen molar-refractivity contribution in [2.24, 2.45) is 0 Å². The first-order valence-corrected chi connectivity index (χ1v) is 11.4. The van der Waals surface area contributed by atoms with Gasteiger partial charge in [0.2, 0.25) is 5.91 Å². The number of hydrogen-bond acceptors (Lipinski definition) is 5. The number of nitrogens with one attached hydrogen (secondary N) is 1. The fraction of sp³-hybridized carbons (Fsp3) is 0.545. The Balaban J connectivity index is 1.67. The van der Waals surface area contributed by atoms with Gasteiger partial charge in [0, 0.05) is 17.5 Å².